The zero-order valence-corrected chi connectivity index (χ0v) is 11.7. The van der Waals surface area contributed by atoms with E-state index in [2.05, 4.69) is 17.3 Å². The van der Waals surface area contributed by atoms with Gasteiger partial charge in [0.05, 0.1) is 0 Å². The fraction of sp³-hybridized carbons (Fsp3) is 0.571. The zero-order chi connectivity index (χ0) is 12.1. The summed E-state index contributed by atoms with van der Waals surface area (Å²) in [4.78, 5) is 2.21. The van der Waals surface area contributed by atoms with Gasteiger partial charge in [0.2, 0.25) is 0 Å². The van der Waals surface area contributed by atoms with E-state index in [0.29, 0.717) is 0 Å². The minimum absolute atomic E-state index is 0. The molecule has 0 radical (unpaired) electrons. The van der Waals surface area contributed by atoms with E-state index in [1.165, 1.54) is 31.4 Å². The minimum Gasteiger partial charge on any atom is -0.375 e. The number of benzene rings is 1. The van der Waals surface area contributed by atoms with Crippen molar-refractivity contribution in [3.05, 3.63) is 30.1 Å². The highest BCUT2D eigenvalue weighted by molar-refractivity contribution is 5.85. The molecule has 2 rings (SSSR count). The Bertz CT molecular complexity index is 336. The maximum atomic E-state index is 12.8. The van der Waals surface area contributed by atoms with Gasteiger partial charge in [0.1, 0.15) is 5.82 Å². The van der Waals surface area contributed by atoms with Crippen LogP contribution >= 0.6 is 12.4 Å². The van der Waals surface area contributed by atoms with Crippen molar-refractivity contribution < 1.29 is 4.39 Å². The Morgan fingerprint density at radius 3 is 2.44 bits per heavy atom. The summed E-state index contributed by atoms with van der Waals surface area (Å²) in [6.45, 7) is 3.37. The van der Waals surface area contributed by atoms with E-state index < -0.39 is 0 Å². The molecule has 1 aliphatic rings. The lowest BCUT2D eigenvalue weighted by Crippen LogP contribution is -2.30. The molecule has 4 heteroatoms. The first-order valence-corrected chi connectivity index (χ1v) is 6.43. The van der Waals surface area contributed by atoms with Gasteiger partial charge in [0.15, 0.2) is 0 Å². The average Bonchev–Trinajstić information content (AvgIpc) is 2.38. The van der Waals surface area contributed by atoms with E-state index in [1.807, 2.05) is 12.1 Å². The maximum Gasteiger partial charge on any atom is 0.123 e. The minimum atomic E-state index is -0.166. The highest BCUT2D eigenvalue weighted by atomic mass is 35.5. The monoisotopic (exact) mass is 272 g/mol. The Balaban J connectivity index is 0.00000162. The third-order valence-electron chi connectivity index (χ3n) is 3.60. The molecule has 0 atom stereocenters. The molecular formula is C14H22ClFN2. The van der Waals surface area contributed by atoms with Gasteiger partial charge in [-0.3, -0.25) is 0 Å². The molecule has 1 aliphatic heterocycles. The van der Waals surface area contributed by atoms with E-state index in [4.69, 9.17) is 0 Å². The zero-order valence-electron chi connectivity index (χ0n) is 10.9. The smallest absolute Gasteiger partial charge is 0.123 e. The lowest BCUT2D eigenvalue weighted by Gasteiger charge is -2.26. The van der Waals surface area contributed by atoms with Gasteiger partial charge in [-0.05, 0) is 62.5 Å². The molecule has 102 valence electrons. The van der Waals surface area contributed by atoms with Crippen LogP contribution in [0.15, 0.2) is 24.3 Å². The Hall–Kier alpha value is -0.800. The second-order valence-corrected chi connectivity index (χ2v) is 4.88. The predicted molar refractivity (Wildman–Crippen MR) is 77.1 cm³/mol. The lowest BCUT2D eigenvalue weighted by atomic mass is 9.94. The number of rotatable bonds is 4. The van der Waals surface area contributed by atoms with Gasteiger partial charge < -0.3 is 10.2 Å². The van der Waals surface area contributed by atoms with Crippen LogP contribution in [-0.4, -0.2) is 26.7 Å². The van der Waals surface area contributed by atoms with Crippen molar-refractivity contribution in [2.45, 2.75) is 19.3 Å². The van der Waals surface area contributed by atoms with E-state index in [-0.39, 0.29) is 18.2 Å². The van der Waals surface area contributed by atoms with Crippen LogP contribution < -0.4 is 10.2 Å². The first-order valence-electron chi connectivity index (χ1n) is 6.43. The second-order valence-electron chi connectivity index (χ2n) is 4.88. The molecule has 0 saturated carbocycles. The van der Waals surface area contributed by atoms with Crippen molar-refractivity contribution in [1.82, 2.24) is 5.32 Å². The van der Waals surface area contributed by atoms with Crippen molar-refractivity contribution in [3.8, 4) is 0 Å². The van der Waals surface area contributed by atoms with Crippen LogP contribution in [0.3, 0.4) is 0 Å². The van der Waals surface area contributed by atoms with E-state index >= 15 is 0 Å². The summed E-state index contributed by atoms with van der Waals surface area (Å²) in [6.07, 6.45) is 3.81. The van der Waals surface area contributed by atoms with Gasteiger partial charge in [-0.25, -0.2) is 4.39 Å². The fourth-order valence-corrected chi connectivity index (χ4v) is 2.37. The van der Waals surface area contributed by atoms with Crippen LogP contribution in [0.25, 0.3) is 0 Å². The fourth-order valence-electron chi connectivity index (χ4n) is 2.37. The summed E-state index contributed by atoms with van der Waals surface area (Å²) in [7, 11) is 2.08. The molecule has 0 aromatic heterocycles. The van der Waals surface area contributed by atoms with Gasteiger partial charge in [-0.15, -0.1) is 12.4 Å². The summed E-state index contributed by atoms with van der Waals surface area (Å²) in [5.74, 6) is 0.680. The van der Waals surface area contributed by atoms with Crippen LogP contribution in [0.1, 0.15) is 19.3 Å². The first-order chi connectivity index (χ1) is 8.25. The average molecular weight is 273 g/mol. The number of halogens is 2. The van der Waals surface area contributed by atoms with Gasteiger partial charge in [-0.1, -0.05) is 0 Å². The third-order valence-corrected chi connectivity index (χ3v) is 3.60. The van der Waals surface area contributed by atoms with Crippen molar-refractivity contribution in [3.63, 3.8) is 0 Å². The van der Waals surface area contributed by atoms with Crippen LogP contribution in [0.2, 0.25) is 0 Å². The molecular weight excluding hydrogens is 251 g/mol. The van der Waals surface area contributed by atoms with E-state index in [1.54, 1.807) is 0 Å². The van der Waals surface area contributed by atoms with Gasteiger partial charge in [-0.2, -0.15) is 0 Å². The van der Waals surface area contributed by atoms with Crippen LogP contribution in [0, 0.1) is 11.7 Å². The Morgan fingerprint density at radius 1 is 1.22 bits per heavy atom. The van der Waals surface area contributed by atoms with Crippen LogP contribution in [0.4, 0.5) is 10.1 Å². The van der Waals surface area contributed by atoms with Gasteiger partial charge >= 0.3 is 0 Å². The predicted octanol–water partition coefficient (Wildman–Crippen LogP) is 3.07. The third kappa shape index (κ3) is 4.46. The molecule has 0 aliphatic carbocycles. The molecule has 1 fully saturated rings. The van der Waals surface area contributed by atoms with Crippen molar-refractivity contribution >= 4 is 18.1 Å². The Labute approximate surface area is 115 Å². The number of hydrogen-bond acceptors (Lipinski definition) is 2. The quantitative estimate of drug-likeness (QED) is 0.906. The van der Waals surface area contributed by atoms with Crippen molar-refractivity contribution in [2.24, 2.45) is 5.92 Å². The molecule has 1 aromatic carbocycles. The van der Waals surface area contributed by atoms with E-state index in [9.17, 15) is 4.39 Å². The van der Waals surface area contributed by atoms with Crippen LogP contribution in [0.5, 0.6) is 0 Å². The summed E-state index contributed by atoms with van der Waals surface area (Å²) < 4.78 is 12.8. The van der Waals surface area contributed by atoms with Gasteiger partial charge in [0, 0.05) is 19.3 Å². The first kappa shape index (κ1) is 15.3. The molecule has 1 N–H and O–H groups in total. The second kappa shape index (κ2) is 7.59. The molecule has 2 nitrogen and oxygen atoms in total. The molecule has 0 bridgehead atoms. The lowest BCUT2D eigenvalue weighted by molar-refractivity contribution is 0.356. The molecule has 1 heterocycles. The van der Waals surface area contributed by atoms with Gasteiger partial charge in [0.25, 0.3) is 0 Å². The normalized spacial score (nSPS) is 16.1. The number of hydrogen-bond donors (Lipinski definition) is 1. The standard InChI is InChI=1S/C14H21FN2.ClH/c1-17(14-4-2-13(15)3-5-14)11-8-12-6-9-16-10-7-12;/h2-5,12,16H,6-11H2,1H3;1H. The maximum absolute atomic E-state index is 12.8. The molecule has 18 heavy (non-hydrogen) atoms. The molecule has 1 aromatic rings. The Morgan fingerprint density at radius 2 is 1.83 bits per heavy atom. The highest BCUT2D eigenvalue weighted by Crippen LogP contribution is 2.19. The Kier molecular flexibility index (Phi) is 6.44. The van der Waals surface area contributed by atoms with Crippen LogP contribution in [-0.2, 0) is 0 Å². The number of piperidine rings is 1. The SMILES string of the molecule is CN(CCC1CCNCC1)c1ccc(F)cc1.Cl. The summed E-state index contributed by atoms with van der Waals surface area (Å²) in [5, 5.41) is 3.38. The summed E-state index contributed by atoms with van der Waals surface area (Å²) >= 11 is 0. The van der Waals surface area contributed by atoms with Crippen molar-refractivity contribution in [2.75, 3.05) is 31.6 Å². The molecule has 0 amide bonds. The summed E-state index contributed by atoms with van der Waals surface area (Å²) in [5.41, 5.74) is 1.10. The molecule has 0 unspecified atom stereocenters. The topological polar surface area (TPSA) is 15.3 Å². The highest BCUT2D eigenvalue weighted by Gasteiger charge is 2.13. The largest absolute Gasteiger partial charge is 0.375 e. The summed E-state index contributed by atoms with van der Waals surface area (Å²) in [6, 6.07) is 6.74. The number of nitrogens with zero attached hydrogens (tertiary/aromatic N) is 1. The van der Waals surface area contributed by atoms with E-state index in [0.717, 1.165) is 31.2 Å². The van der Waals surface area contributed by atoms with Crippen molar-refractivity contribution in [1.29, 1.82) is 0 Å². The number of anilines is 1. The molecule has 0 spiro atoms. The molecule has 1 saturated heterocycles. The number of nitrogens with one attached hydrogen (secondary N) is 1.